The highest BCUT2D eigenvalue weighted by Crippen LogP contribution is 2.59. The number of anilines is 1. The SMILES string of the molecule is O=C1N(c2cccc3ccccc23)[C@@H](c2ccc(Br)cc2)C12CCCCC2. The van der Waals surface area contributed by atoms with Gasteiger partial charge in [-0.05, 0) is 42.0 Å². The van der Waals surface area contributed by atoms with Crippen LogP contribution in [0.1, 0.15) is 43.7 Å². The predicted octanol–water partition coefficient (Wildman–Crippen LogP) is 6.64. The fraction of sp³-hybridized carbons (Fsp3) is 0.292. The monoisotopic (exact) mass is 419 g/mol. The number of halogens is 1. The van der Waals surface area contributed by atoms with Crippen molar-refractivity contribution in [3.63, 3.8) is 0 Å². The molecular formula is C24H22BrNO. The number of carbonyl (C=O) groups excluding carboxylic acids is 1. The molecule has 0 bridgehead atoms. The molecule has 3 aromatic carbocycles. The fourth-order valence-corrected chi connectivity index (χ4v) is 5.37. The van der Waals surface area contributed by atoms with Gasteiger partial charge in [0.05, 0.1) is 17.1 Å². The molecule has 1 aliphatic carbocycles. The third kappa shape index (κ3) is 2.55. The Bertz CT molecular complexity index is 999. The number of fused-ring (bicyclic) bond motifs is 1. The fourth-order valence-electron chi connectivity index (χ4n) is 5.11. The van der Waals surface area contributed by atoms with Crippen molar-refractivity contribution in [2.24, 2.45) is 5.41 Å². The van der Waals surface area contributed by atoms with Gasteiger partial charge in [0, 0.05) is 9.86 Å². The largest absolute Gasteiger partial charge is 0.303 e. The molecule has 1 saturated carbocycles. The second-order valence-electron chi connectivity index (χ2n) is 7.84. The first-order valence-corrected chi connectivity index (χ1v) is 10.6. The maximum atomic E-state index is 13.6. The maximum absolute atomic E-state index is 13.6. The Morgan fingerprint density at radius 1 is 0.852 bits per heavy atom. The molecule has 0 N–H and O–H groups in total. The molecule has 1 heterocycles. The number of benzene rings is 3. The average molecular weight is 420 g/mol. The van der Waals surface area contributed by atoms with E-state index in [0.29, 0.717) is 5.91 Å². The summed E-state index contributed by atoms with van der Waals surface area (Å²) in [6.45, 7) is 0. The molecule has 27 heavy (non-hydrogen) atoms. The number of carbonyl (C=O) groups is 1. The highest BCUT2D eigenvalue weighted by Gasteiger charge is 2.61. The van der Waals surface area contributed by atoms with Crippen LogP contribution in [0.2, 0.25) is 0 Å². The Balaban J connectivity index is 1.66. The van der Waals surface area contributed by atoms with E-state index in [4.69, 9.17) is 0 Å². The summed E-state index contributed by atoms with van der Waals surface area (Å²) in [7, 11) is 0. The van der Waals surface area contributed by atoms with E-state index in [0.717, 1.165) is 41.2 Å². The van der Waals surface area contributed by atoms with Gasteiger partial charge in [-0.25, -0.2) is 0 Å². The van der Waals surface area contributed by atoms with Crippen molar-refractivity contribution in [1.29, 1.82) is 0 Å². The molecule has 0 aromatic heterocycles. The van der Waals surface area contributed by atoms with E-state index in [2.05, 4.69) is 87.6 Å². The molecule has 3 aromatic rings. The molecular weight excluding hydrogens is 398 g/mol. The number of hydrogen-bond donors (Lipinski definition) is 0. The highest BCUT2D eigenvalue weighted by molar-refractivity contribution is 9.10. The summed E-state index contributed by atoms with van der Waals surface area (Å²) in [6, 6.07) is 23.3. The van der Waals surface area contributed by atoms with Crippen LogP contribution in [0.4, 0.5) is 5.69 Å². The van der Waals surface area contributed by atoms with Crippen molar-refractivity contribution in [2.75, 3.05) is 4.90 Å². The molecule has 1 atom stereocenters. The van der Waals surface area contributed by atoms with Crippen LogP contribution in [-0.2, 0) is 4.79 Å². The van der Waals surface area contributed by atoms with E-state index in [1.165, 1.54) is 17.4 Å². The minimum absolute atomic E-state index is 0.129. The van der Waals surface area contributed by atoms with Gasteiger partial charge in [-0.15, -0.1) is 0 Å². The lowest BCUT2D eigenvalue weighted by Gasteiger charge is -2.58. The first-order chi connectivity index (χ1) is 13.2. The Morgan fingerprint density at radius 2 is 1.56 bits per heavy atom. The van der Waals surface area contributed by atoms with Gasteiger partial charge in [-0.1, -0.05) is 83.7 Å². The summed E-state index contributed by atoms with van der Waals surface area (Å²) >= 11 is 3.55. The van der Waals surface area contributed by atoms with E-state index in [9.17, 15) is 4.79 Å². The summed E-state index contributed by atoms with van der Waals surface area (Å²) in [5.74, 6) is 0.312. The highest BCUT2D eigenvalue weighted by atomic mass is 79.9. The third-order valence-electron chi connectivity index (χ3n) is 6.38. The van der Waals surface area contributed by atoms with Crippen molar-refractivity contribution >= 4 is 38.3 Å². The standard InChI is InChI=1S/C24H22BrNO/c25-19-13-11-18(12-14-19)22-24(15-4-1-5-16-24)23(27)26(22)21-10-6-8-17-7-2-3-9-20(17)21/h2-3,6-14,22H,1,4-5,15-16H2/t22-/m0/s1. The lowest BCUT2D eigenvalue weighted by Crippen LogP contribution is -2.64. The normalized spacial score (nSPS) is 21.4. The van der Waals surface area contributed by atoms with Crippen LogP contribution in [0.3, 0.4) is 0 Å². The van der Waals surface area contributed by atoms with E-state index in [-0.39, 0.29) is 11.5 Å². The number of hydrogen-bond acceptors (Lipinski definition) is 1. The van der Waals surface area contributed by atoms with Crippen LogP contribution in [0.5, 0.6) is 0 Å². The van der Waals surface area contributed by atoms with E-state index >= 15 is 0 Å². The summed E-state index contributed by atoms with van der Waals surface area (Å²) < 4.78 is 1.08. The number of amides is 1. The quantitative estimate of drug-likeness (QED) is 0.426. The van der Waals surface area contributed by atoms with Crippen LogP contribution in [0, 0.1) is 5.41 Å². The second-order valence-corrected chi connectivity index (χ2v) is 8.76. The molecule has 1 spiro atoms. The molecule has 0 unspecified atom stereocenters. The molecule has 1 amide bonds. The van der Waals surface area contributed by atoms with E-state index in [1.807, 2.05) is 0 Å². The number of nitrogens with zero attached hydrogens (tertiary/aromatic N) is 1. The van der Waals surface area contributed by atoms with Crippen LogP contribution >= 0.6 is 15.9 Å². The van der Waals surface area contributed by atoms with Gasteiger partial charge in [0.15, 0.2) is 0 Å². The van der Waals surface area contributed by atoms with Gasteiger partial charge in [0.1, 0.15) is 0 Å². The van der Waals surface area contributed by atoms with Crippen molar-refractivity contribution in [3.05, 3.63) is 76.8 Å². The first kappa shape index (κ1) is 17.0. The number of rotatable bonds is 2. The predicted molar refractivity (Wildman–Crippen MR) is 114 cm³/mol. The molecule has 2 nitrogen and oxygen atoms in total. The second kappa shape index (κ2) is 6.49. The van der Waals surface area contributed by atoms with Crippen LogP contribution in [0.15, 0.2) is 71.2 Å². The molecule has 136 valence electrons. The Labute approximate surface area is 168 Å². The lowest BCUT2D eigenvalue weighted by atomic mass is 9.60. The van der Waals surface area contributed by atoms with Gasteiger partial charge in [-0.3, -0.25) is 4.79 Å². The van der Waals surface area contributed by atoms with Crippen LogP contribution < -0.4 is 4.90 Å². The molecule has 2 aliphatic rings. The molecule has 3 heteroatoms. The minimum atomic E-state index is -0.219. The zero-order valence-electron chi connectivity index (χ0n) is 15.2. The van der Waals surface area contributed by atoms with E-state index < -0.39 is 0 Å². The first-order valence-electron chi connectivity index (χ1n) is 9.78. The zero-order chi connectivity index (χ0) is 18.4. The summed E-state index contributed by atoms with van der Waals surface area (Å²) in [4.78, 5) is 15.6. The van der Waals surface area contributed by atoms with Crippen molar-refractivity contribution < 1.29 is 4.79 Å². The van der Waals surface area contributed by atoms with Crippen LogP contribution in [-0.4, -0.2) is 5.91 Å². The van der Waals surface area contributed by atoms with Crippen LogP contribution in [0.25, 0.3) is 10.8 Å². The molecule has 0 radical (unpaired) electrons. The van der Waals surface area contributed by atoms with Gasteiger partial charge in [0.25, 0.3) is 0 Å². The minimum Gasteiger partial charge on any atom is -0.303 e. The summed E-state index contributed by atoms with van der Waals surface area (Å²) in [6.07, 6.45) is 5.57. The summed E-state index contributed by atoms with van der Waals surface area (Å²) in [5, 5.41) is 2.34. The Kier molecular flexibility index (Phi) is 4.08. The maximum Gasteiger partial charge on any atom is 0.236 e. The topological polar surface area (TPSA) is 20.3 Å². The van der Waals surface area contributed by atoms with Gasteiger partial charge in [0.2, 0.25) is 5.91 Å². The van der Waals surface area contributed by atoms with E-state index in [1.54, 1.807) is 0 Å². The lowest BCUT2D eigenvalue weighted by molar-refractivity contribution is -0.143. The number of β-lactam (4-membered cyclic amide) rings is 1. The van der Waals surface area contributed by atoms with Gasteiger partial charge in [-0.2, -0.15) is 0 Å². The third-order valence-corrected chi connectivity index (χ3v) is 6.91. The molecule has 5 rings (SSSR count). The molecule has 1 aliphatic heterocycles. The molecule has 1 saturated heterocycles. The van der Waals surface area contributed by atoms with Crippen molar-refractivity contribution in [1.82, 2.24) is 0 Å². The zero-order valence-corrected chi connectivity index (χ0v) is 16.8. The summed E-state index contributed by atoms with van der Waals surface area (Å²) in [5.41, 5.74) is 2.07. The Hall–Kier alpha value is -2.13. The van der Waals surface area contributed by atoms with Gasteiger partial charge >= 0.3 is 0 Å². The van der Waals surface area contributed by atoms with Crippen molar-refractivity contribution in [2.45, 2.75) is 38.1 Å². The molecule has 2 fully saturated rings. The Morgan fingerprint density at radius 3 is 2.33 bits per heavy atom. The van der Waals surface area contributed by atoms with Gasteiger partial charge < -0.3 is 4.90 Å². The van der Waals surface area contributed by atoms with Crippen molar-refractivity contribution in [3.8, 4) is 0 Å². The smallest absolute Gasteiger partial charge is 0.236 e. The average Bonchev–Trinajstić information content (AvgIpc) is 2.73.